The SMILES string of the molecule is O=C(OCc1ccccc1)N1CCC(CNc2cnncc2Cl)CC1. The van der Waals surface area contributed by atoms with E-state index in [1.54, 1.807) is 11.1 Å². The Bertz CT molecular complexity index is 690. The molecule has 1 saturated heterocycles. The number of likely N-dealkylation sites (tertiary alicyclic amines) is 1. The van der Waals surface area contributed by atoms with Crippen LogP contribution in [0.15, 0.2) is 42.7 Å². The highest BCUT2D eigenvalue weighted by Crippen LogP contribution is 2.22. The summed E-state index contributed by atoms with van der Waals surface area (Å²) in [6.07, 6.45) is 4.78. The minimum Gasteiger partial charge on any atom is -0.445 e. The topological polar surface area (TPSA) is 67.3 Å². The van der Waals surface area contributed by atoms with Crippen LogP contribution in [0.25, 0.3) is 0 Å². The number of amides is 1. The van der Waals surface area contributed by atoms with Gasteiger partial charge < -0.3 is 15.0 Å². The van der Waals surface area contributed by atoms with E-state index < -0.39 is 0 Å². The zero-order valence-electron chi connectivity index (χ0n) is 13.9. The Kier molecular flexibility index (Phi) is 6.06. The van der Waals surface area contributed by atoms with Gasteiger partial charge in [0.25, 0.3) is 0 Å². The van der Waals surface area contributed by atoms with E-state index in [4.69, 9.17) is 16.3 Å². The van der Waals surface area contributed by atoms with Gasteiger partial charge in [0.15, 0.2) is 0 Å². The molecule has 25 heavy (non-hydrogen) atoms. The molecule has 7 heteroatoms. The Hall–Kier alpha value is -2.34. The Morgan fingerprint density at radius 2 is 1.92 bits per heavy atom. The lowest BCUT2D eigenvalue weighted by Gasteiger charge is -2.31. The van der Waals surface area contributed by atoms with Gasteiger partial charge in [0, 0.05) is 19.6 Å². The molecule has 1 fully saturated rings. The predicted molar refractivity (Wildman–Crippen MR) is 96.5 cm³/mol. The second kappa shape index (κ2) is 8.67. The number of carbonyl (C=O) groups is 1. The summed E-state index contributed by atoms with van der Waals surface area (Å²) in [5.41, 5.74) is 1.79. The number of carbonyl (C=O) groups excluding carboxylic acids is 1. The van der Waals surface area contributed by atoms with Crippen LogP contribution >= 0.6 is 11.6 Å². The van der Waals surface area contributed by atoms with Gasteiger partial charge in [-0.25, -0.2) is 4.79 Å². The van der Waals surface area contributed by atoms with Crippen LogP contribution in [0.3, 0.4) is 0 Å². The van der Waals surface area contributed by atoms with Gasteiger partial charge in [0.1, 0.15) is 6.61 Å². The Morgan fingerprint density at radius 1 is 1.20 bits per heavy atom. The number of hydrogen-bond acceptors (Lipinski definition) is 5. The highest BCUT2D eigenvalue weighted by atomic mass is 35.5. The van der Waals surface area contributed by atoms with Crippen LogP contribution < -0.4 is 5.32 Å². The molecular weight excluding hydrogens is 340 g/mol. The lowest BCUT2D eigenvalue weighted by atomic mass is 9.97. The Labute approximate surface area is 152 Å². The zero-order chi connectivity index (χ0) is 17.5. The molecule has 0 radical (unpaired) electrons. The van der Waals surface area contributed by atoms with Crippen LogP contribution in [0.2, 0.25) is 5.02 Å². The molecule has 0 spiro atoms. The van der Waals surface area contributed by atoms with E-state index in [0.717, 1.165) is 30.6 Å². The zero-order valence-corrected chi connectivity index (χ0v) is 14.7. The number of piperidine rings is 1. The molecule has 3 rings (SSSR count). The molecule has 1 aliphatic rings. The van der Waals surface area contributed by atoms with E-state index in [1.807, 2.05) is 30.3 Å². The predicted octanol–water partition coefficient (Wildman–Crippen LogP) is 3.59. The molecule has 1 aromatic carbocycles. The second-order valence-electron chi connectivity index (χ2n) is 6.10. The minimum atomic E-state index is -0.239. The fourth-order valence-electron chi connectivity index (χ4n) is 2.82. The van der Waals surface area contributed by atoms with E-state index in [-0.39, 0.29) is 6.09 Å². The Balaban J connectivity index is 1.39. The average molecular weight is 361 g/mol. The number of benzene rings is 1. The molecule has 2 aromatic rings. The molecule has 2 heterocycles. The maximum absolute atomic E-state index is 12.2. The first-order chi connectivity index (χ1) is 12.2. The molecule has 0 saturated carbocycles. The molecule has 1 N–H and O–H groups in total. The molecule has 0 bridgehead atoms. The van der Waals surface area contributed by atoms with E-state index in [1.165, 1.54) is 6.20 Å². The van der Waals surface area contributed by atoms with Gasteiger partial charge in [-0.1, -0.05) is 41.9 Å². The van der Waals surface area contributed by atoms with Crippen LogP contribution in [-0.2, 0) is 11.3 Å². The molecule has 0 aliphatic carbocycles. The summed E-state index contributed by atoms with van der Waals surface area (Å²) >= 11 is 6.06. The maximum Gasteiger partial charge on any atom is 0.410 e. The molecule has 132 valence electrons. The van der Waals surface area contributed by atoms with Crippen molar-refractivity contribution in [3.05, 3.63) is 53.3 Å². The lowest BCUT2D eigenvalue weighted by Crippen LogP contribution is -2.40. The van der Waals surface area contributed by atoms with Gasteiger partial charge in [-0.3, -0.25) is 0 Å². The van der Waals surface area contributed by atoms with E-state index in [9.17, 15) is 4.79 Å². The second-order valence-corrected chi connectivity index (χ2v) is 6.51. The third-order valence-corrected chi connectivity index (χ3v) is 4.64. The van der Waals surface area contributed by atoms with Crippen LogP contribution in [0.1, 0.15) is 18.4 Å². The number of ether oxygens (including phenoxy) is 1. The number of halogens is 1. The van der Waals surface area contributed by atoms with Crippen LogP contribution in [0.5, 0.6) is 0 Å². The summed E-state index contributed by atoms with van der Waals surface area (Å²) in [7, 11) is 0. The monoisotopic (exact) mass is 360 g/mol. The number of aromatic nitrogens is 2. The van der Waals surface area contributed by atoms with Crippen molar-refractivity contribution in [2.24, 2.45) is 5.92 Å². The van der Waals surface area contributed by atoms with Crippen LogP contribution in [0.4, 0.5) is 10.5 Å². The van der Waals surface area contributed by atoms with Crippen molar-refractivity contribution >= 4 is 23.4 Å². The quantitative estimate of drug-likeness (QED) is 0.882. The van der Waals surface area contributed by atoms with Gasteiger partial charge in [0.2, 0.25) is 0 Å². The number of anilines is 1. The van der Waals surface area contributed by atoms with Crippen molar-refractivity contribution < 1.29 is 9.53 Å². The average Bonchev–Trinajstić information content (AvgIpc) is 2.67. The van der Waals surface area contributed by atoms with E-state index >= 15 is 0 Å². The minimum absolute atomic E-state index is 0.239. The Morgan fingerprint density at radius 3 is 2.64 bits per heavy atom. The van der Waals surface area contributed by atoms with Gasteiger partial charge in [-0.15, -0.1) is 0 Å². The van der Waals surface area contributed by atoms with Gasteiger partial charge >= 0.3 is 6.09 Å². The first-order valence-electron chi connectivity index (χ1n) is 8.38. The summed E-state index contributed by atoms with van der Waals surface area (Å²) in [5.74, 6) is 0.488. The maximum atomic E-state index is 12.2. The molecule has 1 amide bonds. The fraction of sp³-hybridized carbons (Fsp3) is 0.389. The van der Waals surface area contributed by atoms with Gasteiger partial charge in [-0.05, 0) is 24.3 Å². The number of nitrogens with zero attached hydrogens (tertiary/aromatic N) is 3. The standard InChI is InChI=1S/C18H21ClN4O2/c19-16-11-21-22-12-17(16)20-10-14-6-8-23(9-7-14)18(24)25-13-15-4-2-1-3-5-15/h1-5,11-12,14H,6-10,13H2,(H,20,21). The molecular formula is C18H21ClN4O2. The van der Waals surface area contributed by atoms with Crippen molar-refractivity contribution in [3.8, 4) is 0 Å². The summed E-state index contributed by atoms with van der Waals surface area (Å²) in [4.78, 5) is 13.9. The third kappa shape index (κ3) is 5.06. The lowest BCUT2D eigenvalue weighted by molar-refractivity contribution is 0.0832. The van der Waals surface area contributed by atoms with E-state index in [2.05, 4.69) is 15.5 Å². The number of rotatable bonds is 5. The first-order valence-corrected chi connectivity index (χ1v) is 8.76. The molecule has 1 aromatic heterocycles. The highest BCUT2D eigenvalue weighted by Gasteiger charge is 2.23. The van der Waals surface area contributed by atoms with Crippen molar-refractivity contribution in [3.63, 3.8) is 0 Å². The molecule has 1 aliphatic heterocycles. The third-order valence-electron chi connectivity index (χ3n) is 4.34. The van der Waals surface area contributed by atoms with Gasteiger partial charge in [0.05, 0.1) is 23.1 Å². The van der Waals surface area contributed by atoms with Crippen LogP contribution in [-0.4, -0.2) is 40.8 Å². The van der Waals surface area contributed by atoms with Crippen molar-refractivity contribution in [2.45, 2.75) is 19.4 Å². The summed E-state index contributed by atoms with van der Waals surface area (Å²) in [6.45, 7) is 2.54. The first kappa shape index (κ1) is 17.5. The van der Waals surface area contributed by atoms with Crippen molar-refractivity contribution in [1.29, 1.82) is 0 Å². The smallest absolute Gasteiger partial charge is 0.410 e. The molecule has 0 unspecified atom stereocenters. The van der Waals surface area contributed by atoms with E-state index in [0.29, 0.717) is 30.6 Å². The number of hydrogen-bond donors (Lipinski definition) is 1. The summed E-state index contributed by atoms with van der Waals surface area (Å²) in [5, 5.41) is 11.4. The molecule has 6 nitrogen and oxygen atoms in total. The summed E-state index contributed by atoms with van der Waals surface area (Å²) in [6, 6.07) is 9.71. The summed E-state index contributed by atoms with van der Waals surface area (Å²) < 4.78 is 5.39. The molecule has 0 atom stereocenters. The van der Waals surface area contributed by atoms with Crippen LogP contribution in [0, 0.1) is 5.92 Å². The normalized spacial score (nSPS) is 15.0. The highest BCUT2D eigenvalue weighted by molar-refractivity contribution is 6.33. The van der Waals surface area contributed by atoms with Crippen molar-refractivity contribution in [1.82, 2.24) is 15.1 Å². The van der Waals surface area contributed by atoms with Crippen molar-refractivity contribution in [2.75, 3.05) is 25.0 Å². The van der Waals surface area contributed by atoms with Gasteiger partial charge in [-0.2, -0.15) is 10.2 Å². The fourth-order valence-corrected chi connectivity index (χ4v) is 2.98. The largest absolute Gasteiger partial charge is 0.445 e. The number of nitrogens with one attached hydrogen (secondary N) is 1.